The van der Waals surface area contributed by atoms with E-state index in [0.29, 0.717) is 18.0 Å². The number of carboxylic acids is 1. The molecule has 0 bridgehead atoms. The third kappa shape index (κ3) is 7.78. The van der Waals surface area contributed by atoms with E-state index < -0.39 is 11.6 Å². The molecule has 0 aromatic heterocycles. The van der Waals surface area contributed by atoms with Crippen LogP contribution in [0.5, 0.6) is 0 Å². The number of carbonyl (C=O) groups is 2. The molecule has 1 amide bonds. The largest absolute Gasteiger partial charge is 0.478 e. The lowest BCUT2D eigenvalue weighted by Crippen LogP contribution is -2.44. The number of likely N-dealkylation sites (tertiary alicyclic amines) is 1. The van der Waals surface area contributed by atoms with Crippen LogP contribution in [0.2, 0.25) is 0 Å². The van der Waals surface area contributed by atoms with Gasteiger partial charge in [-0.3, -0.25) is 0 Å². The Bertz CT molecular complexity index is 1060. The Morgan fingerprint density at radius 2 is 1.70 bits per heavy atom. The number of halogens is 1. The molecule has 1 heterocycles. The van der Waals surface area contributed by atoms with Crippen molar-refractivity contribution in [1.29, 1.82) is 0 Å². The average Bonchev–Trinajstić information content (AvgIpc) is 3.63. The van der Waals surface area contributed by atoms with Gasteiger partial charge in [0.2, 0.25) is 0 Å². The second kappa shape index (κ2) is 11.6. The minimum absolute atomic E-state index is 0.103. The summed E-state index contributed by atoms with van der Waals surface area (Å²) in [6.07, 6.45) is 4.68. The van der Waals surface area contributed by atoms with Gasteiger partial charge in [-0.1, -0.05) is 24.3 Å². The Kier molecular flexibility index (Phi) is 8.53. The maximum Gasteiger partial charge on any atom is 0.410 e. The summed E-state index contributed by atoms with van der Waals surface area (Å²) in [5.74, 6) is -0.473. The van der Waals surface area contributed by atoms with Crippen LogP contribution in [0.15, 0.2) is 48.5 Å². The highest BCUT2D eigenvalue weighted by molar-refractivity contribution is 5.87. The van der Waals surface area contributed by atoms with Gasteiger partial charge in [-0.15, -0.1) is 0 Å². The molecule has 0 radical (unpaired) electrons. The van der Waals surface area contributed by atoms with Crippen molar-refractivity contribution in [3.63, 3.8) is 0 Å². The summed E-state index contributed by atoms with van der Waals surface area (Å²) in [6, 6.07) is 13.9. The summed E-state index contributed by atoms with van der Waals surface area (Å²) in [6.45, 7) is 9.42. The SMILES string of the molecule is CC(C)(C)OC(=O)N(CC1CCN(CCCc2ccc(C(=O)O)cc2)CC1)C1CC1c1ccc(F)cc1. The lowest BCUT2D eigenvalue weighted by molar-refractivity contribution is 0.0171. The minimum atomic E-state index is -0.896. The summed E-state index contributed by atoms with van der Waals surface area (Å²) in [5.41, 5.74) is 2.01. The van der Waals surface area contributed by atoms with Gasteiger partial charge in [0.1, 0.15) is 11.4 Å². The van der Waals surface area contributed by atoms with Gasteiger partial charge in [-0.05, 0) is 114 Å². The van der Waals surface area contributed by atoms with Crippen molar-refractivity contribution >= 4 is 12.1 Å². The summed E-state index contributed by atoms with van der Waals surface area (Å²) in [4.78, 5) is 28.6. The number of amides is 1. The van der Waals surface area contributed by atoms with Crippen LogP contribution in [-0.4, -0.2) is 64.8 Å². The molecule has 1 saturated carbocycles. The molecule has 2 fully saturated rings. The van der Waals surface area contributed by atoms with Crippen LogP contribution in [0, 0.1) is 11.7 Å². The number of carbonyl (C=O) groups excluding carboxylic acids is 1. The van der Waals surface area contributed by atoms with Crippen LogP contribution < -0.4 is 0 Å². The molecule has 37 heavy (non-hydrogen) atoms. The standard InChI is InChI=1S/C30H39FN2O4/c1-30(2,3)37-29(36)33(27-19-26(27)23-10-12-25(31)13-11-23)20-22-14-17-32(18-15-22)16-4-5-21-6-8-24(9-7-21)28(34)35/h6-13,22,26-27H,4-5,14-20H2,1-3H3,(H,34,35). The maximum atomic E-state index is 13.4. The van der Waals surface area contributed by atoms with Gasteiger partial charge in [0, 0.05) is 18.5 Å². The summed E-state index contributed by atoms with van der Waals surface area (Å²) < 4.78 is 19.1. The van der Waals surface area contributed by atoms with Gasteiger partial charge in [0.15, 0.2) is 0 Å². The van der Waals surface area contributed by atoms with Gasteiger partial charge in [-0.2, -0.15) is 0 Å². The van der Waals surface area contributed by atoms with Crippen LogP contribution in [0.25, 0.3) is 0 Å². The fourth-order valence-corrected chi connectivity index (χ4v) is 5.25. The number of benzene rings is 2. The van der Waals surface area contributed by atoms with E-state index in [1.807, 2.05) is 49.9 Å². The zero-order chi connectivity index (χ0) is 26.6. The maximum absolute atomic E-state index is 13.4. The second-order valence-electron chi connectivity index (χ2n) is 11.5. The Hall–Kier alpha value is -2.93. The molecule has 2 aromatic rings. The van der Waals surface area contributed by atoms with Crippen LogP contribution in [-0.2, 0) is 11.2 Å². The second-order valence-corrected chi connectivity index (χ2v) is 11.5. The molecular formula is C30H39FN2O4. The zero-order valence-corrected chi connectivity index (χ0v) is 22.2. The zero-order valence-electron chi connectivity index (χ0n) is 22.2. The van der Waals surface area contributed by atoms with Crippen LogP contribution in [0.4, 0.5) is 9.18 Å². The monoisotopic (exact) mass is 510 g/mol. The van der Waals surface area contributed by atoms with Gasteiger partial charge in [-0.25, -0.2) is 14.0 Å². The van der Waals surface area contributed by atoms with Crippen molar-refractivity contribution in [2.75, 3.05) is 26.2 Å². The highest BCUT2D eigenvalue weighted by Crippen LogP contribution is 2.45. The third-order valence-corrected chi connectivity index (χ3v) is 7.39. The minimum Gasteiger partial charge on any atom is -0.478 e. The fourth-order valence-electron chi connectivity index (χ4n) is 5.25. The molecule has 2 atom stereocenters. The molecule has 2 aromatic carbocycles. The first-order valence-electron chi connectivity index (χ1n) is 13.4. The number of piperidine rings is 1. The molecule has 2 unspecified atom stereocenters. The topological polar surface area (TPSA) is 70.1 Å². The van der Waals surface area contributed by atoms with Gasteiger partial charge in [0.05, 0.1) is 5.56 Å². The van der Waals surface area contributed by atoms with Crippen molar-refractivity contribution < 1.29 is 23.8 Å². The van der Waals surface area contributed by atoms with E-state index in [1.54, 1.807) is 12.1 Å². The van der Waals surface area contributed by atoms with E-state index in [9.17, 15) is 14.0 Å². The number of aryl methyl sites for hydroxylation is 1. The number of hydrogen-bond acceptors (Lipinski definition) is 4. The summed E-state index contributed by atoms with van der Waals surface area (Å²) in [7, 11) is 0. The first kappa shape index (κ1) is 27.1. The molecule has 2 aliphatic rings. The van der Waals surface area contributed by atoms with E-state index >= 15 is 0 Å². The number of nitrogens with zero attached hydrogens (tertiary/aromatic N) is 2. The van der Waals surface area contributed by atoms with Crippen LogP contribution >= 0.6 is 0 Å². The molecule has 1 aliphatic carbocycles. The summed E-state index contributed by atoms with van der Waals surface area (Å²) in [5, 5.41) is 9.04. The van der Waals surface area contributed by atoms with Crippen LogP contribution in [0.3, 0.4) is 0 Å². The molecule has 200 valence electrons. The van der Waals surface area contributed by atoms with E-state index in [1.165, 1.54) is 12.1 Å². The number of rotatable bonds is 9. The molecular weight excluding hydrogens is 471 g/mol. The smallest absolute Gasteiger partial charge is 0.410 e. The molecule has 4 rings (SSSR count). The average molecular weight is 511 g/mol. The third-order valence-electron chi connectivity index (χ3n) is 7.39. The predicted molar refractivity (Wildman–Crippen MR) is 141 cm³/mol. The molecule has 0 spiro atoms. The number of hydrogen-bond donors (Lipinski definition) is 1. The molecule has 7 heteroatoms. The number of aromatic carboxylic acids is 1. The normalized spacial score (nSPS) is 20.4. The van der Waals surface area contributed by atoms with Crippen molar-refractivity contribution in [2.24, 2.45) is 5.92 Å². The summed E-state index contributed by atoms with van der Waals surface area (Å²) >= 11 is 0. The van der Waals surface area contributed by atoms with Crippen molar-refractivity contribution in [3.8, 4) is 0 Å². The fraction of sp³-hybridized carbons (Fsp3) is 0.533. The highest BCUT2D eigenvalue weighted by Gasteiger charge is 2.46. The molecule has 6 nitrogen and oxygen atoms in total. The van der Waals surface area contributed by atoms with E-state index in [-0.39, 0.29) is 23.9 Å². The van der Waals surface area contributed by atoms with E-state index in [4.69, 9.17) is 9.84 Å². The predicted octanol–water partition coefficient (Wildman–Crippen LogP) is 5.96. The Balaban J connectivity index is 1.26. The van der Waals surface area contributed by atoms with Crippen molar-refractivity contribution in [3.05, 3.63) is 71.0 Å². The van der Waals surface area contributed by atoms with Gasteiger partial charge < -0.3 is 19.6 Å². The molecule has 1 saturated heterocycles. The lowest BCUT2D eigenvalue weighted by atomic mass is 9.95. The Morgan fingerprint density at radius 3 is 2.30 bits per heavy atom. The molecule has 1 aliphatic heterocycles. The lowest BCUT2D eigenvalue weighted by Gasteiger charge is -2.36. The van der Waals surface area contributed by atoms with Gasteiger partial charge >= 0.3 is 12.1 Å². The van der Waals surface area contributed by atoms with E-state index in [0.717, 1.165) is 62.9 Å². The Morgan fingerprint density at radius 1 is 1.05 bits per heavy atom. The van der Waals surface area contributed by atoms with Crippen LogP contribution in [0.1, 0.15) is 73.9 Å². The number of carboxylic acid groups (broad SMARTS) is 1. The van der Waals surface area contributed by atoms with Crippen molar-refractivity contribution in [1.82, 2.24) is 9.80 Å². The first-order valence-corrected chi connectivity index (χ1v) is 13.4. The van der Waals surface area contributed by atoms with E-state index in [2.05, 4.69) is 4.90 Å². The van der Waals surface area contributed by atoms with Gasteiger partial charge in [0.25, 0.3) is 0 Å². The number of ether oxygens (including phenoxy) is 1. The van der Waals surface area contributed by atoms with Crippen molar-refractivity contribution in [2.45, 2.75) is 70.4 Å². The first-order chi connectivity index (χ1) is 17.6. The highest BCUT2D eigenvalue weighted by atomic mass is 19.1. The quantitative estimate of drug-likeness (QED) is 0.451. The Labute approximate surface area is 219 Å². The molecule has 1 N–H and O–H groups in total.